The van der Waals surface area contributed by atoms with Crippen molar-refractivity contribution >= 4 is 13.1 Å². The molecule has 4 atom stereocenters. The van der Waals surface area contributed by atoms with Gasteiger partial charge in [0, 0.05) is 19.7 Å². The smallest absolute Gasteiger partial charge is 0.462 e. The minimum absolute atomic E-state index is 0.117. The quantitative estimate of drug-likeness (QED) is 0.396. The standard InChI is InChI=1S/C24H31BO6/c1-22(2)23(3,4)31-25(30-22)19-14-9-8-13(12-14)17(19)15-10-11-16(27-7)18-20(15)28-24(5,6)29-21(18)26/h8-11,13-14,17,19H,12H2,1-7H3. The lowest BCUT2D eigenvalue weighted by Gasteiger charge is -2.37. The molecule has 2 aliphatic heterocycles. The van der Waals surface area contributed by atoms with Gasteiger partial charge in [-0.3, -0.25) is 0 Å². The Balaban J connectivity index is 1.61. The largest absolute Gasteiger partial charge is 0.496 e. The second-order valence-corrected chi connectivity index (χ2v) is 10.6. The molecule has 5 rings (SSSR count). The Kier molecular flexibility index (Phi) is 4.39. The number of rotatable bonds is 3. The first-order valence-electron chi connectivity index (χ1n) is 11.1. The molecule has 4 unspecified atom stereocenters. The summed E-state index contributed by atoms with van der Waals surface area (Å²) < 4.78 is 30.2. The normalized spacial score (nSPS) is 33.8. The van der Waals surface area contributed by atoms with E-state index in [1.807, 2.05) is 12.1 Å². The number of hydrogen-bond acceptors (Lipinski definition) is 6. The molecule has 0 radical (unpaired) electrons. The molecule has 2 fully saturated rings. The number of fused-ring (bicyclic) bond motifs is 3. The number of ether oxygens (including phenoxy) is 3. The van der Waals surface area contributed by atoms with Crippen LogP contribution in [-0.2, 0) is 14.0 Å². The zero-order chi connectivity index (χ0) is 22.3. The minimum Gasteiger partial charge on any atom is -0.496 e. The van der Waals surface area contributed by atoms with Crippen molar-refractivity contribution in [1.29, 1.82) is 0 Å². The van der Waals surface area contributed by atoms with E-state index in [0.717, 1.165) is 12.0 Å². The maximum Gasteiger partial charge on any atom is 0.462 e. The minimum atomic E-state index is -1.04. The van der Waals surface area contributed by atoms with Crippen molar-refractivity contribution in [2.45, 2.75) is 76.7 Å². The fourth-order valence-corrected chi connectivity index (χ4v) is 5.57. The van der Waals surface area contributed by atoms with Crippen LogP contribution >= 0.6 is 0 Å². The predicted molar refractivity (Wildman–Crippen MR) is 116 cm³/mol. The van der Waals surface area contributed by atoms with E-state index in [2.05, 4.69) is 39.8 Å². The van der Waals surface area contributed by atoms with Crippen LogP contribution in [0.15, 0.2) is 24.3 Å². The van der Waals surface area contributed by atoms with E-state index in [-0.39, 0.29) is 18.9 Å². The van der Waals surface area contributed by atoms with Crippen LogP contribution in [0.4, 0.5) is 0 Å². The fourth-order valence-electron chi connectivity index (χ4n) is 5.57. The Labute approximate surface area is 184 Å². The van der Waals surface area contributed by atoms with Crippen LogP contribution < -0.4 is 9.47 Å². The summed E-state index contributed by atoms with van der Waals surface area (Å²) in [5.74, 6) is 0.527. The van der Waals surface area contributed by atoms with E-state index < -0.39 is 23.0 Å². The average molecular weight is 426 g/mol. The second kappa shape index (κ2) is 6.52. The number of cyclic esters (lactones) is 1. The van der Waals surface area contributed by atoms with Crippen LogP contribution in [-0.4, -0.2) is 37.2 Å². The number of carbonyl (C=O) groups excluding carboxylic acids is 1. The Morgan fingerprint density at radius 3 is 2.26 bits per heavy atom. The molecule has 1 saturated heterocycles. The first-order chi connectivity index (χ1) is 14.4. The summed E-state index contributed by atoms with van der Waals surface area (Å²) in [6.45, 7) is 11.8. The van der Waals surface area contributed by atoms with Gasteiger partial charge >= 0.3 is 13.1 Å². The summed E-state index contributed by atoms with van der Waals surface area (Å²) in [7, 11) is 1.23. The van der Waals surface area contributed by atoms with E-state index >= 15 is 0 Å². The first-order valence-corrected chi connectivity index (χ1v) is 11.1. The van der Waals surface area contributed by atoms with E-state index in [0.29, 0.717) is 28.9 Å². The summed E-state index contributed by atoms with van der Waals surface area (Å²) in [5.41, 5.74) is 0.570. The molecule has 4 aliphatic rings. The average Bonchev–Trinajstić information content (AvgIpc) is 3.31. The van der Waals surface area contributed by atoms with Gasteiger partial charge in [-0.05, 0) is 63.5 Å². The second-order valence-electron chi connectivity index (χ2n) is 10.6. The number of hydrogen-bond donors (Lipinski definition) is 0. The summed E-state index contributed by atoms with van der Waals surface area (Å²) in [6, 6.07) is 3.87. The molecule has 0 spiro atoms. The highest BCUT2D eigenvalue weighted by atomic mass is 16.7. The van der Waals surface area contributed by atoms with Gasteiger partial charge in [-0.1, -0.05) is 18.2 Å². The van der Waals surface area contributed by atoms with Crippen molar-refractivity contribution in [2.75, 3.05) is 7.11 Å². The molecule has 1 aromatic carbocycles. The van der Waals surface area contributed by atoms with Crippen LogP contribution in [0.25, 0.3) is 0 Å². The third kappa shape index (κ3) is 3.04. The Hall–Kier alpha value is -1.99. The molecule has 2 bridgehead atoms. The lowest BCUT2D eigenvalue weighted by Crippen LogP contribution is -2.41. The molecular formula is C24H31BO6. The third-order valence-electron chi connectivity index (χ3n) is 7.73. The molecule has 31 heavy (non-hydrogen) atoms. The SMILES string of the molecule is COc1ccc(C2C3C=CC(C3)C2B2OC(C)(C)C(C)(C)O2)c2c1C(=O)OC(C)(C)O2. The van der Waals surface area contributed by atoms with Gasteiger partial charge in [0.05, 0.1) is 18.3 Å². The number of allylic oxidation sites excluding steroid dienone is 2. The number of esters is 1. The molecule has 2 aliphatic carbocycles. The molecule has 1 saturated carbocycles. The zero-order valence-corrected chi connectivity index (χ0v) is 19.4. The molecule has 7 heteroatoms. The number of carbonyl (C=O) groups is 1. The van der Waals surface area contributed by atoms with Crippen LogP contribution in [0.3, 0.4) is 0 Å². The molecule has 0 N–H and O–H groups in total. The first kappa shape index (κ1) is 20.9. The predicted octanol–water partition coefficient (Wildman–Crippen LogP) is 4.73. The van der Waals surface area contributed by atoms with Gasteiger partial charge in [-0.2, -0.15) is 0 Å². The van der Waals surface area contributed by atoms with Crippen molar-refractivity contribution in [2.24, 2.45) is 11.8 Å². The molecule has 166 valence electrons. The Morgan fingerprint density at radius 2 is 1.61 bits per heavy atom. The van der Waals surface area contributed by atoms with E-state index in [4.69, 9.17) is 23.5 Å². The van der Waals surface area contributed by atoms with Crippen LogP contribution in [0.2, 0.25) is 5.82 Å². The van der Waals surface area contributed by atoms with Crippen molar-refractivity contribution in [3.8, 4) is 11.5 Å². The Bertz CT molecular complexity index is 949. The molecule has 2 heterocycles. The van der Waals surface area contributed by atoms with Crippen molar-refractivity contribution in [3.05, 3.63) is 35.4 Å². The third-order valence-corrected chi connectivity index (χ3v) is 7.73. The summed E-state index contributed by atoms with van der Waals surface area (Å²) in [5, 5.41) is 0. The Morgan fingerprint density at radius 1 is 0.968 bits per heavy atom. The highest BCUT2D eigenvalue weighted by Gasteiger charge is 2.61. The van der Waals surface area contributed by atoms with Crippen LogP contribution in [0, 0.1) is 11.8 Å². The monoisotopic (exact) mass is 426 g/mol. The van der Waals surface area contributed by atoms with E-state index in [9.17, 15) is 4.79 Å². The van der Waals surface area contributed by atoms with Crippen LogP contribution in [0.1, 0.15) is 69.8 Å². The zero-order valence-electron chi connectivity index (χ0n) is 19.4. The van der Waals surface area contributed by atoms with Gasteiger partial charge < -0.3 is 23.5 Å². The summed E-state index contributed by atoms with van der Waals surface area (Å²) >= 11 is 0. The maximum atomic E-state index is 12.9. The van der Waals surface area contributed by atoms with Gasteiger partial charge in [0.25, 0.3) is 0 Å². The van der Waals surface area contributed by atoms with Crippen LogP contribution in [0.5, 0.6) is 11.5 Å². The van der Waals surface area contributed by atoms with Crippen molar-refractivity contribution < 1.29 is 28.3 Å². The summed E-state index contributed by atoms with van der Waals surface area (Å²) in [4.78, 5) is 12.9. The molecule has 6 nitrogen and oxygen atoms in total. The van der Waals surface area contributed by atoms with Gasteiger partial charge in [-0.25, -0.2) is 4.79 Å². The lowest BCUT2D eigenvalue weighted by molar-refractivity contribution is -0.128. The highest BCUT2D eigenvalue weighted by Crippen LogP contribution is 2.62. The molecule has 1 aromatic rings. The number of benzene rings is 1. The molecule has 0 aromatic heterocycles. The van der Waals surface area contributed by atoms with Gasteiger partial charge in [-0.15, -0.1) is 0 Å². The fraction of sp³-hybridized carbons (Fsp3) is 0.625. The van der Waals surface area contributed by atoms with Crippen molar-refractivity contribution in [3.63, 3.8) is 0 Å². The lowest BCUT2D eigenvalue weighted by atomic mass is 9.58. The summed E-state index contributed by atoms with van der Waals surface area (Å²) in [6.07, 6.45) is 5.64. The highest BCUT2D eigenvalue weighted by molar-refractivity contribution is 6.48. The van der Waals surface area contributed by atoms with Gasteiger partial charge in [0.2, 0.25) is 5.79 Å². The topological polar surface area (TPSA) is 63.2 Å². The van der Waals surface area contributed by atoms with E-state index in [1.54, 1.807) is 21.0 Å². The number of methoxy groups -OCH3 is 1. The van der Waals surface area contributed by atoms with Gasteiger partial charge in [0.15, 0.2) is 0 Å². The molecular weight excluding hydrogens is 395 g/mol. The maximum absolute atomic E-state index is 12.9. The van der Waals surface area contributed by atoms with E-state index in [1.165, 1.54) is 0 Å². The molecule has 0 amide bonds. The van der Waals surface area contributed by atoms with Gasteiger partial charge in [0.1, 0.15) is 17.1 Å². The van der Waals surface area contributed by atoms with Crippen molar-refractivity contribution in [1.82, 2.24) is 0 Å².